The van der Waals surface area contributed by atoms with Crippen LogP contribution in [0, 0.1) is 5.41 Å². The lowest BCUT2D eigenvalue weighted by Gasteiger charge is -2.31. The SMILES string of the molecule is C[C@@]1(CN(O)C(=O)c2ccccc2)CO[C@H](CNC(=O)c2cccnc2)[C@H]1O. The Morgan fingerprint density at radius 1 is 1.25 bits per heavy atom. The van der Waals surface area contributed by atoms with Crippen molar-refractivity contribution < 1.29 is 24.6 Å². The Balaban J connectivity index is 1.56. The number of hydrogen-bond acceptors (Lipinski definition) is 6. The summed E-state index contributed by atoms with van der Waals surface area (Å²) in [7, 11) is 0. The number of carbonyl (C=O) groups excluding carboxylic acids is 2. The van der Waals surface area contributed by atoms with Crippen LogP contribution in [-0.4, -0.2) is 64.1 Å². The molecule has 3 rings (SSSR count). The van der Waals surface area contributed by atoms with Crippen LogP contribution in [0.15, 0.2) is 54.9 Å². The van der Waals surface area contributed by atoms with Crippen LogP contribution >= 0.6 is 0 Å². The second-order valence-electron chi connectivity index (χ2n) is 7.13. The van der Waals surface area contributed by atoms with E-state index in [0.717, 1.165) is 0 Å². The van der Waals surface area contributed by atoms with Gasteiger partial charge in [0.1, 0.15) is 6.10 Å². The van der Waals surface area contributed by atoms with Crippen molar-refractivity contribution >= 4 is 11.8 Å². The van der Waals surface area contributed by atoms with Gasteiger partial charge in [-0.2, -0.15) is 0 Å². The zero-order valence-corrected chi connectivity index (χ0v) is 15.5. The standard InChI is InChI=1S/C20H23N3O5/c1-20(12-23(27)19(26)14-6-3-2-4-7-14)13-28-16(17(20)24)11-22-18(25)15-8-5-9-21-10-15/h2-10,16-17,24,27H,11-13H2,1H3,(H,22,25)/t16-,17-,20-/m1/s1. The molecule has 1 aliphatic rings. The maximum absolute atomic E-state index is 12.3. The Morgan fingerprint density at radius 2 is 1.96 bits per heavy atom. The molecule has 3 N–H and O–H groups in total. The van der Waals surface area contributed by atoms with Gasteiger partial charge in [0, 0.05) is 29.9 Å². The molecule has 8 heteroatoms. The molecular formula is C20H23N3O5. The first-order chi connectivity index (χ1) is 13.4. The summed E-state index contributed by atoms with van der Waals surface area (Å²) in [4.78, 5) is 28.3. The lowest BCUT2D eigenvalue weighted by Crippen LogP contribution is -2.47. The fraction of sp³-hybridized carbons (Fsp3) is 0.350. The van der Waals surface area contributed by atoms with Crippen LogP contribution in [0.25, 0.3) is 0 Å². The van der Waals surface area contributed by atoms with Gasteiger partial charge in [-0.15, -0.1) is 0 Å². The zero-order chi connectivity index (χ0) is 20.1. The maximum Gasteiger partial charge on any atom is 0.277 e. The third-order valence-electron chi connectivity index (χ3n) is 4.85. The van der Waals surface area contributed by atoms with Crippen molar-refractivity contribution in [3.8, 4) is 0 Å². The highest BCUT2D eigenvalue weighted by Gasteiger charge is 2.47. The Hall–Kier alpha value is -2.81. The predicted molar refractivity (Wildman–Crippen MR) is 99.7 cm³/mol. The van der Waals surface area contributed by atoms with Crippen molar-refractivity contribution in [1.29, 1.82) is 0 Å². The molecule has 2 heterocycles. The van der Waals surface area contributed by atoms with Crippen LogP contribution in [0.1, 0.15) is 27.6 Å². The summed E-state index contributed by atoms with van der Waals surface area (Å²) in [5.74, 6) is -0.872. The molecule has 0 saturated carbocycles. The lowest BCUT2D eigenvalue weighted by molar-refractivity contribution is -0.0940. The van der Waals surface area contributed by atoms with E-state index in [1.807, 2.05) is 0 Å². The number of aliphatic hydroxyl groups excluding tert-OH is 1. The fourth-order valence-electron chi connectivity index (χ4n) is 3.17. The van der Waals surface area contributed by atoms with Gasteiger partial charge in [0.2, 0.25) is 0 Å². The number of aliphatic hydroxyl groups is 1. The average molecular weight is 385 g/mol. The molecule has 0 bridgehead atoms. The molecular weight excluding hydrogens is 362 g/mol. The lowest BCUT2D eigenvalue weighted by atomic mass is 9.84. The number of hydrogen-bond donors (Lipinski definition) is 3. The summed E-state index contributed by atoms with van der Waals surface area (Å²) in [6, 6.07) is 11.7. The Morgan fingerprint density at radius 3 is 2.64 bits per heavy atom. The molecule has 1 fully saturated rings. The molecule has 1 aromatic heterocycles. The first-order valence-corrected chi connectivity index (χ1v) is 8.94. The molecule has 3 atom stereocenters. The van der Waals surface area contributed by atoms with E-state index < -0.39 is 23.5 Å². The van der Waals surface area contributed by atoms with E-state index in [-0.39, 0.29) is 25.6 Å². The summed E-state index contributed by atoms with van der Waals surface area (Å²) in [5, 5.41) is 24.2. The minimum Gasteiger partial charge on any atom is -0.390 e. The molecule has 148 valence electrons. The smallest absolute Gasteiger partial charge is 0.277 e. The Bertz CT molecular complexity index is 817. The van der Waals surface area contributed by atoms with E-state index in [2.05, 4.69) is 10.3 Å². The number of nitrogens with one attached hydrogen (secondary N) is 1. The molecule has 0 radical (unpaired) electrons. The number of amides is 2. The summed E-state index contributed by atoms with van der Waals surface area (Å²) >= 11 is 0. The van der Waals surface area contributed by atoms with E-state index >= 15 is 0 Å². The molecule has 1 aromatic carbocycles. The van der Waals surface area contributed by atoms with Crippen LogP contribution in [0.4, 0.5) is 0 Å². The highest BCUT2D eigenvalue weighted by molar-refractivity contribution is 5.94. The van der Waals surface area contributed by atoms with Gasteiger partial charge in [-0.1, -0.05) is 25.1 Å². The Labute approximate surface area is 162 Å². The minimum atomic E-state index is -0.972. The van der Waals surface area contributed by atoms with Crippen LogP contribution in [-0.2, 0) is 4.74 Å². The zero-order valence-electron chi connectivity index (χ0n) is 15.5. The minimum absolute atomic E-state index is 0.0997. The van der Waals surface area contributed by atoms with Gasteiger partial charge in [0.05, 0.1) is 24.8 Å². The molecule has 0 unspecified atom stereocenters. The number of nitrogens with zero attached hydrogens (tertiary/aromatic N) is 2. The van der Waals surface area contributed by atoms with Gasteiger partial charge >= 0.3 is 0 Å². The molecule has 1 aliphatic heterocycles. The number of carbonyl (C=O) groups is 2. The topological polar surface area (TPSA) is 112 Å². The number of ether oxygens (including phenoxy) is 1. The van der Waals surface area contributed by atoms with Crippen molar-refractivity contribution in [3.63, 3.8) is 0 Å². The molecule has 8 nitrogen and oxygen atoms in total. The van der Waals surface area contributed by atoms with E-state index in [4.69, 9.17) is 4.74 Å². The predicted octanol–water partition coefficient (Wildman–Crippen LogP) is 1.11. The molecule has 2 amide bonds. The number of pyridine rings is 1. The third-order valence-corrected chi connectivity index (χ3v) is 4.85. The largest absolute Gasteiger partial charge is 0.390 e. The number of hydroxylamine groups is 2. The van der Waals surface area contributed by atoms with Gasteiger partial charge in [-0.3, -0.25) is 19.8 Å². The summed E-state index contributed by atoms with van der Waals surface area (Å²) in [6.07, 6.45) is 1.40. The second kappa shape index (κ2) is 8.47. The molecule has 28 heavy (non-hydrogen) atoms. The van der Waals surface area contributed by atoms with Crippen LogP contribution in [0.2, 0.25) is 0 Å². The van der Waals surface area contributed by atoms with Crippen molar-refractivity contribution in [2.75, 3.05) is 19.7 Å². The van der Waals surface area contributed by atoms with Crippen molar-refractivity contribution in [2.24, 2.45) is 5.41 Å². The number of rotatable bonds is 6. The van der Waals surface area contributed by atoms with Crippen LogP contribution in [0.3, 0.4) is 0 Å². The monoisotopic (exact) mass is 385 g/mol. The van der Waals surface area contributed by atoms with Gasteiger partial charge < -0.3 is 15.2 Å². The van der Waals surface area contributed by atoms with Gasteiger partial charge in [0.25, 0.3) is 11.8 Å². The number of aromatic nitrogens is 1. The molecule has 0 spiro atoms. The van der Waals surface area contributed by atoms with Crippen molar-refractivity contribution in [3.05, 3.63) is 66.0 Å². The van der Waals surface area contributed by atoms with Gasteiger partial charge in [-0.05, 0) is 24.3 Å². The quantitative estimate of drug-likeness (QED) is 0.507. The van der Waals surface area contributed by atoms with E-state index in [9.17, 15) is 19.9 Å². The molecule has 1 saturated heterocycles. The first kappa shape index (κ1) is 19.9. The third kappa shape index (κ3) is 4.36. The summed E-state index contributed by atoms with van der Waals surface area (Å²) in [5.41, 5.74) is -0.113. The van der Waals surface area contributed by atoms with Gasteiger partial charge in [0.15, 0.2) is 0 Å². The highest BCUT2D eigenvalue weighted by atomic mass is 16.5. The van der Waals surface area contributed by atoms with Crippen LogP contribution in [0.5, 0.6) is 0 Å². The van der Waals surface area contributed by atoms with Crippen LogP contribution < -0.4 is 5.32 Å². The van der Waals surface area contributed by atoms with Crippen molar-refractivity contribution in [1.82, 2.24) is 15.4 Å². The molecule has 2 aromatic rings. The average Bonchev–Trinajstić information content (AvgIpc) is 3.00. The first-order valence-electron chi connectivity index (χ1n) is 8.94. The normalized spacial score (nSPS) is 24.0. The van der Waals surface area contributed by atoms with Crippen molar-refractivity contribution in [2.45, 2.75) is 19.1 Å². The summed E-state index contributed by atoms with van der Waals surface area (Å²) < 4.78 is 5.62. The van der Waals surface area contributed by atoms with E-state index in [1.165, 1.54) is 6.20 Å². The fourth-order valence-corrected chi connectivity index (χ4v) is 3.17. The Kier molecular flexibility index (Phi) is 6.03. The van der Waals surface area contributed by atoms with E-state index in [1.54, 1.807) is 55.6 Å². The van der Waals surface area contributed by atoms with Gasteiger partial charge in [-0.25, -0.2) is 5.06 Å². The second-order valence-corrected chi connectivity index (χ2v) is 7.13. The highest BCUT2D eigenvalue weighted by Crippen LogP contribution is 2.33. The maximum atomic E-state index is 12.3. The molecule has 0 aliphatic carbocycles. The summed E-state index contributed by atoms with van der Waals surface area (Å²) in [6.45, 7) is 1.86. The van der Waals surface area contributed by atoms with E-state index in [0.29, 0.717) is 16.2 Å². The number of benzene rings is 1.